The molecular formula is C20H22F2N2O3S. The third-order valence-electron chi connectivity index (χ3n) is 4.83. The van der Waals surface area contributed by atoms with Crippen molar-refractivity contribution in [1.82, 2.24) is 9.62 Å². The fourth-order valence-corrected chi connectivity index (χ4v) is 4.78. The van der Waals surface area contributed by atoms with Gasteiger partial charge in [-0.25, -0.2) is 17.2 Å². The molecule has 5 nitrogen and oxygen atoms in total. The second-order valence-electron chi connectivity index (χ2n) is 6.82. The van der Waals surface area contributed by atoms with Crippen LogP contribution in [0.1, 0.15) is 18.4 Å². The molecule has 8 heteroatoms. The van der Waals surface area contributed by atoms with Crippen molar-refractivity contribution in [3.05, 3.63) is 65.7 Å². The van der Waals surface area contributed by atoms with Gasteiger partial charge in [0.05, 0.1) is 10.8 Å². The number of piperidine rings is 1. The molecule has 0 bridgehead atoms. The molecule has 0 spiro atoms. The molecule has 2 aromatic carbocycles. The fraction of sp³-hybridized carbons (Fsp3) is 0.350. The molecule has 1 heterocycles. The summed E-state index contributed by atoms with van der Waals surface area (Å²) >= 11 is 0. The molecule has 1 aliphatic rings. The van der Waals surface area contributed by atoms with E-state index in [4.69, 9.17) is 0 Å². The van der Waals surface area contributed by atoms with Crippen LogP contribution in [0.2, 0.25) is 0 Å². The van der Waals surface area contributed by atoms with Gasteiger partial charge in [0.2, 0.25) is 15.9 Å². The first-order chi connectivity index (χ1) is 13.4. The van der Waals surface area contributed by atoms with Crippen LogP contribution >= 0.6 is 0 Å². The number of hydrogen-bond acceptors (Lipinski definition) is 3. The number of halogens is 2. The maximum atomic E-state index is 13.1. The Balaban J connectivity index is 1.57. The molecule has 0 unspecified atom stereocenters. The molecular weight excluding hydrogens is 386 g/mol. The number of hydrogen-bond donors (Lipinski definition) is 1. The second-order valence-corrected chi connectivity index (χ2v) is 8.76. The molecule has 1 amide bonds. The molecule has 0 saturated carbocycles. The molecule has 1 N–H and O–H groups in total. The Morgan fingerprint density at radius 1 is 1.04 bits per heavy atom. The van der Waals surface area contributed by atoms with E-state index in [-0.39, 0.29) is 23.2 Å². The van der Waals surface area contributed by atoms with E-state index in [1.165, 1.54) is 28.6 Å². The first kappa shape index (κ1) is 20.4. The first-order valence-electron chi connectivity index (χ1n) is 9.14. The Kier molecular flexibility index (Phi) is 6.41. The van der Waals surface area contributed by atoms with Crippen molar-refractivity contribution in [2.45, 2.75) is 24.2 Å². The molecule has 3 rings (SSSR count). The molecule has 1 atom stereocenters. The molecule has 2 aromatic rings. The van der Waals surface area contributed by atoms with Gasteiger partial charge in [0, 0.05) is 19.6 Å². The minimum atomic E-state index is -3.76. The van der Waals surface area contributed by atoms with Crippen molar-refractivity contribution >= 4 is 15.9 Å². The Morgan fingerprint density at radius 3 is 2.29 bits per heavy atom. The van der Waals surface area contributed by atoms with Gasteiger partial charge in [0.25, 0.3) is 0 Å². The third-order valence-corrected chi connectivity index (χ3v) is 6.71. The van der Waals surface area contributed by atoms with Crippen LogP contribution in [0.5, 0.6) is 0 Å². The van der Waals surface area contributed by atoms with E-state index in [1.54, 1.807) is 12.1 Å². The van der Waals surface area contributed by atoms with Gasteiger partial charge in [-0.2, -0.15) is 4.31 Å². The maximum absolute atomic E-state index is 13.1. The first-order valence-corrected chi connectivity index (χ1v) is 10.6. The summed E-state index contributed by atoms with van der Waals surface area (Å²) in [6, 6.07) is 10.8. The lowest BCUT2D eigenvalue weighted by Gasteiger charge is -2.31. The van der Waals surface area contributed by atoms with E-state index in [0.717, 1.165) is 17.7 Å². The Bertz CT molecular complexity index is 915. The van der Waals surface area contributed by atoms with E-state index in [2.05, 4.69) is 5.32 Å². The van der Waals surface area contributed by atoms with Crippen LogP contribution in [0.25, 0.3) is 0 Å². The summed E-state index contributed by atoms with van der Waals surface area (Å²) in [7, 11) is -3.76. The van der Waals surface area contributed by atoms with Crippen molar-refractivity contribution in [2.24, 2.45) is 5.92 Å². The zero-order valence-electron chi connectivity index (χ0n) is 15.3. The number of benzene rings is 2. The molecule has 0 aliphatic carbocycles. The topological polar surface area (TPSA) is 66.5 Å². The normalized spacial score (nSPS) is 18.0. The zero-order chi connectivity index (χ0) is 20.1. The minimum absolute atomic E-state index is 0.0197. The number of nitrogens with zero attached hydrogens (tertiary/aromatic N) is 1. The van der Waals surface area contributed by atoms with Gasteiger partial charge in [0.1, 0.15) is 11.6 Å². The third kappa shape index (κ3) is 4.94. The highest BCUT2D eigenvalue weighted by Gasteiger charge is 2.33. The molecule has 1 saturated heterocycles. The van der Waals surface area contributed by atoms with Crippen molar-refractivity contribution in [2.75, 3.05) is 19.6 Å². The highest BCUT2D eigenvalue weighted by atomic mass is 32.2. The lowest BCUT2D eigenvalue weighted by Crippen LogP contribution is -2.45. The summed E-state index contributed by atoms with van der Waals surface area (Å²) in [6.07, 6.45) is 1.75. The quantitative estimate of drug-likeness (QED) is 0.799. The summed E-state index contributed by atoms with van der Waals surface area (Å²) in [4.78, 5) is 12.5. The van der Waals surface area contributed by atoms with Gasteiger partial charge >= 0.3 is 0 Å². The van der Waals surface area contributed by atoms with Gasteiger partial charge in [-0.15, -0.1) is 0 Å². The van der Waals surface area contributed by atoms with Crippen LogP contribution in [0, 0.1) is 17.6 Å². The van der Waals surface area contributed by atoms with Crippen molar-refractivity contribution in [3.8, 4) is 0 Å². The van der Waals surface area contributed by atoms with Crippen molar-refractivity contribution < 1.29 is 22.0 Å². The van der Waals surface area contributed by atoms with E-state index < -0.39 is 21.8 Å². The van der Waals surface area contributed by atoms with Crippen LogP contribution in [0.3, 0.4) is 0 Å². The maximum Gasteiger partial charge on any atom is 0.243 e. The van der Waals surface area contributed by atoms with E-state index in [1.807, 2.05) is 0 Å². The SMILES string of the molecule is O=C(NCCc1ccc(F)cc1)[C@H]1CCCN(S(=O)(=O)c2ccc(F)cc2)C1. The summed E-state index contributed by atoms with van der Waals surface area (Å²) in [5.74, 6) is -1.44. The largest absolute Gasteiger partial charge is 0.355 e. The molecule has 28 heavy (non-hydrogen) atoms. The van der Waals surface area contributed by atoms with Crippen LogP contribution < -0.4 is 5.32 Å². The van der Waals surface area contributed by atoms with Gasteiger partial charge in [0.15, 0.2) is 0 Å². The molecule has 150 valence electrons. The highest BCUT2D eigenvalue weighted by Crippen LogP contribution is 2.24. The summed E-state index contributed by atoms with van der Waals surface area (Å²) in [5.41, 5.74) is 0.908. The van der Waals surface area contributed by atoms with Crippen LogP contribution in [0.15, 0.2) is 53.4 Å². The predicted octanol–water partition coefficient (Wildman–Crippen LogP) is 2.72. The minimum Gasteiger partial charge on any atom is -0.355 e. The van der Waals surface area contributed by atoms with Crippen molar-refractivity contribution in [1.29, 1.82) is 0 Å². The predicted molar refractivity (Wildman–Crippen MR) is 101 cm³/mol. The van der Waals surface area contributed by atoms with Crippen LogP contribution in [-0.4, -0.2) is 38.3 Å². The van der Waals surface area contributed by atoms with Gasteiger partial charge in [-0.05, 0) is 61.2 Å². The van der Waals surface area contributed by atoms with E-state index >= 15 is 0 Å². The molecule has 0 aromatic heterocycles. The fourth-order valence-electron chi connectivity index (χ4n) is 3.26. The number of nitrogens with one attached hydrogen (secondary N) is 1. The second kappa shape index (κ2) is 8.79. The van der Waals surface area contributed by atoms with Crippen molar-refractivity contribution in [3.63, 3.8) is 0 Å². The van der Waals surface area contributed by atoms with Crippen LogP contribution in [-0.2, 0) is 21.2 Å². The molecule has 1 aliphatic heterocycles. The van der Waals surface area contributed by atoms with Gasteiger partial charge < -0.3 is 5.32 Å². The number of sulfonamides is 1. The Labute approximate surface area is 163 Å². The van der Waals surface area contributed by atoms with Gasteiger partial charge in [-0.3, -0.25) is 4.79 Å². The average molecular weight is 408 g/mol. The monoisotopic (exact) mass is 408 g/mol. The zero-order valence-corrected chi connectivity index (χ0v) is 16.1. The summed E-state index contributed by atoms with van der Waals surface area (Å²) in [6.45, 7) is 0.826. The standard InChI is InChI=1S/C20H22F2N2O3S/c21-17-5-3-15(4-6-17)11-12-23-20(25)16-2-1-13-24(14-16)28(26,27)19-9-7-18(22)8-10-19/h3-10,16H,1-2,11-14H2,(H,23,25)/t16-/m0/s1. The van der Waals surface area contributed by atoms with Crippen LogP contribution in [0.4, 0.5) is 8.78 Å². The summed E-state index contributed by atoms with van der Waals surface area (Å²) in [5, 5.41) is 2.83. The molecule has 0 radical (unpaired) electrons. The lowest BCUT2D eigenvalue weighted by atomic mass is 9.99. The number of carbonyl (C=O) groups excluding carboxylic acids is 1. The van der Waals surface area contributed by atoms with E-state index in [0.29, 0.717) is 32.4 Å². The number of carbonyl (C=O) groups is 1. The lowest BCUT2D eigenvalue weighted by molar-refractivity contribution is -0.126. The Hall–Kier alpha value is -2.32. The smallest absolute Gasteiger partial charge is 0.243 e. The number of rotatable bonds is 6. The highest BCUT2D eigenvalue weighted by molar-refractivity contribution is 7.89. The number of amides is 1. The van der Waals surface area contributed by atoms with E-state index in [9.17, 15) is 22.0 Å². The molecule has 1 fully saturated rings. The summed E-state index contributed by atoms with van der Waals surface area (Å²) < 4.78 is 52.7. The average Bonchev–Trinajstić information content (AvgIpc) is 2.70. The van der Waals surface area contributed by atoms with Gasteiger partial charge in [-0.1, -0.05) is 12.1 Å². The Morgan fingerprint density at radius 2 is 1.64 bits per heavy atom.